The van der Waals surface area contributed by atoms with E-state index in [9.17, 15) is 4.79 Å². The van der Waals surface area contributed by atoms with Crippen LogP contribution in [0.5, 0.6) is 0 Å². The molecule has 2 rings (SSSR count). The fourth-order valence-electron chi connectivity index (χ4n) is 1.70. The molecule has 1 aliphatic heterocycles. The molecule has 5 heteroatoms. The van der Waals surface area contributed by atoms with Gasteiger partial charge >= 0.3 is 0 Å². The molecule has 0 radical (unpaired) electrons. The van der Waals surface area contributed by atoms with Crippen molar-refractivity contribution in [3.63, 3.8) is 0 Å². The zero-order valence-electron chi connectivity index (χ0n) is 10.4. The van der Waals surface area contributed by atoms with E-state index in [4.69, 9.17) is 9.47 Å². The summed E-state index contributed by atoms with van der Waals surface area (Å²) in [5.41, 5.74) is 1.05. The molecular weight excluding hydrogens is 250 g/mol. The van der Waals surface area contributed by atoms with Gasteiger partial charge < -0.3 is 14.4 Å². The lowest BCUT2D eigenvalue weighted by Crippen LogP contribution is -2.40. The van der Waals surface area contributed by atoms with Gasteiger partial charge in [-0.1, -0.05) is 0 Å². The zero-order valence-corrected chi connectivity index (χ0v) is 11.2. The van der Waals surface area contributed by atoms with Crippen molar-refractivity contribution in [2.45, 2.75) is 6.10 Å². The normalized spacial score (nSPS) is 20.2. The van der Waals surface area contributed by atoms with E-state index in [2.05, 4.69) is 0 Å². The number of rotatable bonds is 4. The summed E-state index contributed by atoms with van der Waals surface area (Å²) < 4.78 is 10.8. The van der Waals surface area contributed by atoms with Crippen molar-refractivity contribution >= 4 is 23.3 Å². The van der Waals surface area contributed by atoms with Gasteiger partial charge in [-0.25, -0.2) is 0 Å². The maximum absolute atomic E-state index is 11.9. The molecule has 1 saturated heterocycles. The first kappa shape index (κ1) is 13.3. The minimum absolute atomic E-state index is 0.0118. The van der Waals surface area contributed by atoms with Gasteiger partial charge in [0.2, 0.25) is 5.91 Å². The van der Waals surface area contributed by atoms with Crippen LogP contribution in [-0.4, -0.2) is 50.3 Å². The Hall–Kier alpha value is -1.17. The molecule has 1 aliphatic rings. The molecule has 1 aromatic rings. The van der Waals surface area contributed by atoms with Gasteiger partial charge in [-0.3, -0.25) is 4.79 Å². The molecule has 0 saturated carbocycles. The maximum Gasteiger partial charge on any atom is 0.246 e. The molecule has 0 N–H and O–H groups in total. The molecule has 1 amide bonds. The molecule has 4 nitrogen and oxygen atoms in total. The monoisotopic (exact) mass is 267 g/mol. The third-order valence-electron chi connectivity index (χ3n) is 2.70. The van der Waals surface area contributed by atoms with E-state index in [0.717, 1.165) is 5.56 Å². The molecule has 0 aromatic carbocycles. The quantitative estimate of drug-likeness (QED) is 0.778. The van der Waals surface area contributed by atoms with E-state index in [0.29, 0.717) is 26.4 Å². The lowest BCUT2D eigenvalue weighted by atomic mass is 10.3. The Labute approximate surface area is 111 Å². The summed E-state index contributed by atoms with van der Waals surface area (Å²) in [6, 6.07) is 1.98. The van der Waals surface area contributed by atoms with Gasteiger partial charge in [-0.2, -0.15) is 11.3 Å². The molecule has 0 spiro atoms. The Kier molecular flexibility index (Phi) is 4.92. The van der Waals surface area contributed by atoms with E-state index in [1.807, 2.05) is 22.9 Å². The molecule has 2 heterocycles. The number of likely N-dealkylation sites (N-methyl/N-ethyl adjacent to an activating group) is 1. The van der Waals surface area contributed by atoms with Crippen molar-refractivity contribution in [1.29, 1.82) is 0 Å². The topological polar surface area (TPSA) is 38.8 Å². The molecule has 0 unspecified atom stereocenters. The van der Waals surface area contributed by atoms with Crippen molar-refractivity contribution in [1.82, 2.24) is 4.90 Å². The van der Waals surface area contributed by atoms with Gasteiger partial charge in [0.25, 0.3) is 0 Å². The van der Waals surface area contributed by atoms with Crippen LogP contribution >= 0.6 is 11.3 Å². The predicted molar refractivity (Wildman–Crippen MR) is 71.5 cm³/mol. The molecule has 0 aliphatic carbocycles. The molecule has 98 valence electrons. The number of hydrogen-bond acceptors (Lipinski definition) is 4. The fourth-order valence-corrected chi connectivity index (χ4v) is 2.33. The largest absolute Gasteiger partial charge is 0.376 e. The van der Waals surface area contributed by atoms with Crippen LogP contribution in [0.4, 0.5) is 0 Å². The van der Waals surface area contributed by atoms with Crippen molar-refractivity contribution in [2.75, 3.05) is 33.4 Å². The smallest absolute Gasteiger partial charge is 0.246 e. The highest BCUT2D eigenvalue weighted by Crippen LogP contribution is 2.08. The van der Waals surface area contributed by atoms with E-state index in [1.54, 1.807) is 29.4 Å². The summed E-state index contributed by atoms with van der Waals surface area (Å²) in [7, 11) is 1.78. The number of nitrogens with zero attached hydrogens (tertiary/aromatic N) is 1. The maximum atomic E-state index is 11.9. The van der Waals surface area contributed by atoms with Crippen molar-refractivity contribution < 1.29 is 14.3 Å². The first-order valence-corrected chi connectivity index (χ1v) is 6.84. The van der Waals surface area contributed by atoms with E-state index in [1.165, 1.54) is 0 Å². The molecule has 0 bridgehead atoms. The van der Waals surface area contributed by atoms with Crippen LogP contribution in [0.2, 0.25) is 0 Å². The standard InChI is InChI=1S/C13H17NO3S/c1-14(8-12-9-16-5-6-17-12)13(15)3-2-11-4-7-18-10-11/h2-4,7,10,12H,5-6,8-9H2,1H3/b3-2+/t12-/m1/s1. The van der Waals surface area contributed by atoms with Crippen molar-refractivity contribution in [3.05, 3.63) is 28.5 Å². The summed E-state index contributed by atoms with van der Waals surface area (Å²) in [5, 5.41) is 3.99. The van der Waals surface area contributed by atoms with Gasteiger partial charge in [0.15, 0.2) is 0 Å². The molecule has 1 aromatic heterocycles. The van der Waals surface area contributed by atoms with Crippen LogP contribution in [0.15, 0.2) is 22.9 Å². The van der Waals surface area contributed by atoms with Gasteiger partial charge in [0.1, 0.15) is 0 Å². The highest BCUT2D eigenvalue weighted by molar-refractivity contribution is 7.08. The van der Waals surface area contributed by atoms with E-state index in [-0.39, 0.29) is 12.0 Å². The number of thiophene rings is 1. The summed E-state index contributed by atoms with van der Waals surface area (Å²) in [6.07, 6.45) is 3.40. The van der Waals surface area contributed by atoms with Gasteiger partial charge in [-0.05, 0) is 28.5 Å². The second-order valence-corrected chi connectivity index (χ2v) is 4.96. The third-order valence-corrected chi connectivity index (χ3v) is 3.40. The highest BCUT2D eigenvalue weighted by Gasteiger charge is 2.17. The average molecular weight is 267 g/mol. The van der Waals surface area contributed by atoms with Crippen LogP contribution in [0.25, 0.3) is 6.08 Å². The van der Waals surface area contributed by atoms with E-state index >= 15 is 0 Å². The second-order valence-electron chi connectivity index (χ2n) is 4.18. The van der Waals surface area contributed by atoms with Crippen LogP contribution in [0.3, 0.4) is 0 Å². The number of amides is 1. The predicted octanol–water partition coefficient (Wildman–Crippen LogP) is 1.64. The van der Waals surface area contributed by atoms with Crippen LogP contribution in [0, 0.1) is 0 Å². The first-order valence-electron chi connectivity index (χ1n) is 5.90. The van der Waals surface area contributed by atoms with Crippen LogP contribution in [-0.2, 0) is 14.3 Å². The summed E-state index contributed by atoms with van der Waals surface area (Å²) in [6.45, 7) is 2.38. The summed E-state index contributed by atoms with van der Waals surface area (Å²) >= 11 is 1.62. The molecular formula is C13H17NO3S. The minimum atomic E-state index is -0.0182. The number of carbonyl (C=O) groups is 1. The van der Waals surface area contributed by atoms with Gasteiger partial charge in [-0.15, -0.1) is 0 Å². The summed E-state index contributed by atoms with van der Waals surface area (Å²) in [4.78, 5) is 13.5. The lowest BCUT2D eigenvalue weighted by molar-refractivity contribution is -0.131. The van der Waals surface area contributed by atoms with Crippen LogP contribution < -0.4 is 0 Å². The second kappa shape index (κ2) is 6.68. The summed E-state index contributed by atoms with van der Waals surface area (Å²) in [5.74, 6) is -0.0182. The van der Waals surface area contributed by atoms with Gasteiger partial charge in [0, 0.05) is 19.7 Å². The van der Waals surface area contributed by atoms with Crippen LogP contribution in [0.1, 0.15) is 5.56 Å². The fraction of sp³-hybridized carbons (Fsp3) is 0.462. The lowest BCUT2D eigenvalue weighted by Gasteiger charge is -2.26. The zero-order chi connectivity index (χ0) is 12.8. The number of ether oxygens (including phenoxy) is 2. The SMILES string of the molecule is CN(C[C@@H]1COCCO1)C(=O)/C=C/c1ccsc1. The molecule has 1 fully saturated rings. The third kappa shape index (κ3) is 3.94. The first-order chi connectivity index (χ1) is 8.75. The molecule has 18 heavy (non-hydrogen) atoms. The van der Waals surface area contributed by atoms with Crippen molar-refractivity contribution in [3.8, 4) is 0 Å². The minimum Gasteiger partial charge on any atom is -0.376 e. The van der Waals surface area contributed by atoms with Crippen molar-refractivity contribution in [2.24, 2.45) is 0 Å². The Morgan fingerprint density at radius 2 is 2.50 bits per heavy atom. The molecule has 1 atom stereocenters. The average Bonchev–Trinajstić information content (AvgIpc) is 2.90. The van der Waals surface area contributed by atoms with Gasteiger partial charge in [0.05, 0.1) is 25.9 Å². The Balaban J connectivity index is 1.80. The number of hydrogen-bond donors (Lipinski definition) is 0. The van der Waals surface area contributed by atoms with E-state index < -0.39 is 0 Å². The number of carbonyl (C=O) groups excluding carboxylic acids is 1. The Morgan fingerprint density at radius 1 is 1.61 bits per heavy atom. The Morgan fingerprint density at radius 3 is 3.17 bits per heavy atom. The Bertz CT molecular complexity index is 396. The highest BCUT2D eigenvalue weighted by atomic mass is 32.1.